The first-order chi connectivity index (χ1) is 7.11. The third kappa shape index (κ3) is 2.32. The molecule has 0 saturated carbocycles. The molecule has 0 N–H and O–H groups in total. The van der Waals surface area contributed by atoms with Crippen LogP contribution in [0.4, 0.5) is 0 Å². The van der Waals surface area contributed by atoms with Gasteiger partial charge < -0.3 is 9.30 Å². The number of rotatable bonds is 2. The van der Waals surface area contributed by atoms with E-state index >= 15 is 0 Å². The van der Waals surface area contributed by atoms with Crippen molar-refractivity contribution in [2.24, 2.45) is 5.41 Å². The highest BCUT2D eigenvalue weighted by atomic mass is 35.5. The Morgan fingerprint density at radius 2 is 2.07 bits per heavy atom. The number of ether oxygens (including phenoxy) is 1. The maximum Gasteiger partial charge on any atom is 0.225 e. The van der Waals surface area contributed by atoms with Gasteiger partial charge in [-0.25, -0.2) is 0 Å². The van der Waals surface area contributed by atoms with E-state index in [1.165, 1.54) is 0 Å². The van der Waals surface area contributed by atoms with Gasteiger partial charge in [-0.1, -0.05) is 6.92 Å². The van der Waals surface area contributed by atoms with Crippen LogP contribution >= 0.6 is 11.6 Å². The van der Waals surface area contributed by atoms with Crippen LogP contribution in [0.5, 0.6) is 0 Å². The number of aryl methyl sites for hydroxylation is 1. The Hall–Kier alpha value is -0.610. The van der Waals surface area contributed by atoms with Gasteiger partial charge in [-0.15, -0.1) is 10.2 Å². The standard InChI is InChI=1S/C10H16ClN3O/c1-8-12-13-9(11)14(8)7-10(2)3-5-15-6-4-10/h3-7H2,1-2H3. The molecule has 2 heterocycles. The second kappa shape index (κ2) is 4.10. The molecule has 0 radical (unpaired) electrons. The van der Waals surface area contributed by atoms with E-state index in [1.807, 2.05) is 11.5 Å². The zero-order chi connectivity index (χ0) is 10.9. The summed E-state index contributed by atoms with van der Waals surface area (Å²) in [6, 6.07) is 0. The first kappa shape index (κ1) is 10.9. The first-order valence-electron chi connectivity index (χ1n) is 5.24. The largest absolute Gasteiger partial charge is 0.381 e. The molecule has 0 atom stereocenters. The minimum Gasteiger partial charge on any atom is -0.381 e. The zero-order valence-electron chi connectivity index (χ0n) is 9.16. The molecule has 84 valence electrons. The van der Waals surface area contributed by atoms with E-state index < -0.39 is 0 Å². The smallest absolute Gasteiger partial charge is 0.225 e. The molecule has 1 fully saturated rings. The lowest BCUT2D eigenvalue weighted by molar-refractivity contribution is 0.0152. The summed E-state index contributed by atoms with van der Waals surface area (Å²) in [7, 11) is 0. The Labute approximate surface area is 94.6 Å². The summed E-state index contributed by atoms with van der Waals surface area (Å²) >= 11 is 5.98. The molecule has 4 nitrogen and oxygen atoms in total. The van der Waals surface area contributed by atoms with Crippen molar-refractivity contribution in [3.63, 3.8) is 0 Å². The summed E-state index contributed by atoms with van der Waals surface area (Å²) in [5.74, 6) is 0.882. The number of nitrogens with zero attached hydrogens (tertiary/aromatic N) is 3. The van der Waals surface area contributed by atoms with Crippen molar-refractivity contribution >= 4 is 11.6 Å². The lowest BCUT2D eigenvalue weighted by atomic mass is 9.82. The molecule has 2 rings (SSSR count). The molecule has 0 aromatic carbocycles. The predicted octanol–water partition coefficient (Wildman–Crippen LogP) is 2.06. The van der Waals surface area contributed by atoms with Gasteiger partial charge in [-0.05, 0) is 36.8 Å². The minimum atomic E-state index is 0.259. The van der Waals surface area contributed by atoms with Crippen molar-refractivity contribution in [1.82, 2.24) is 14.8 Å². The van der Waals surface area contributed by atoms with Crippen LogP contribution in [0.3, 0.4) is 0 Å². The summed E-state index contributed by atoms with van der Waals surface area (Å²) in [5, 5.41) is 8.31. The molecule has 0 bridgehead atoms. The highest BCUT2D eigenvalue weighted by Crippen LogP contribution is 2.32. The van der Waals surface area contributed by atoms with Crippen LogP contribution in [0.1, 0.15) is 25.6 Å². The Balaban J connectivity index is 2.13. The molecule has 1 aromatic heterocycles. The second-order valence-electron chi connectivity index (χ2n) is 4.53. The van der Waals surface area contributed by atoms with Crippen molar-refractivity contribution in [3.05, 3.63) is 11.1 Å². The summed E-state index contributed by atoms with van der Waals surface area (Å²) in [5.41, 5.74) is 0.259. The topological polar surface area (TPSA) is 39.9 Å². The minimum absolute atomic E-state index is 0.259. The van der Waals surface area contributed by atoms with Gasteiger partial charge in [0, 0.05) is 19.8 Å². The number of hydrogen-bond donors (Lipinski definition) is 0. The third-order valence-corrected chi connectivity index (χ3v) is 3.41. The van der Waals surface area contributed by atoms with Crippen molar-refractivity contribution in [2.45, 2.75) is 33.2 Å². The highest BCUT2D eigenvalue weighted by Gasteiger charge is 2.29. The van der Waals surface area contributed by atoms with Gasteiger partial charge in [0.1, 0.15) is 5.82 Å². The van der Waals surface area contributed by atoms with Crippen LogP contribution in [0.15, 0.2) is 0 Å². The summed E-state index contributed by atoms with van der Waals surface area (Å²) < 4.78 is 7.35. The maximum atomic E-state index is 5.98. The number of hydrogen-bond acceptors (Lipinski definition) is 3. The molecule has 1 saturated heterocycles. The normalized spacial score (nSPS) is 20.5. The molecule has 15 heavy (non-hydrogen) atoms. The SMILES string of the molecule is Cc1nnc(Cl)n1CC1(C)CCOCC1. The lowest BCUT2D eigenvalue weighted by Gasteiger charge is -2.34. The van der Waals surface area contributed by atoms with Gasteiger partial charge in [-0.3, -0.25) is 0 Å². The van der Waals surface area contributed by atoms with Crippen LogP contribution < -0.4 is 0 Å². The second-order valence-corrected chi connectivity index (χ2v) is 4.86. The fourth-order valence-corrected chi connectivity index (χ4v) is 2.16. The zero-order valence-corrected chi connectivity index (χ0v) is 9.92. The summed E-state index contributed by atoms with van der Waals surface area (Å²) in [4.78, 5) is 0. The molecule has 0 spiro atoms. The van der Waals surface area contributed by atoms with Crippen molar-refractivity contribution in [1.29, 1.82) is 0 Å². The average Bonchev–Trinajstić information content (AvgIpc) is 2.50. The molecule has 1 aliphatic heterocycles. The summed E-state index contributed by atoms with van der Waals surface area (Å²) in [6.45, 7) is 6.77. The van der Waals surface area contributed by atoms with Crippen LogP contribution in [0.2, 0.25) is 5.28 Å². The van der Waals surface area contributed by atoms with Gasteiger partial charge in [0.05, 0.1) is 0 Å². The van der Waals surface area contributed by atoms with Gasteiger partial charge in [0.25, 0.3) is 0 Å². The van der Waals surface area contributed by atoms with Crippen LogP contribution in [-0.4, -0.2) is 28.0 Å². The van der Waals surface area contributed by atoms with Crippen molar-refractivity contribution in [2.75, 3.05) is 13.2 Å². The molecule has 1 aliphatic rings. The monoisotopic (exact) mass is 229 g/mol. The Morgan fingerprint density at radius 1 is 1.40 bits per heavy atom. The van der Waals surface area contributed by atoms with Crippen molar-refractivity contribution < 1.29 is 4.74 Å². The number of aromatic nitrogens is 3. The average molecular weight is 230 g/mol. The Morgan fingerprint density at radius 3 is 2.60 bits per heavy atom. The molecule has 1 aromatic rings. The highest BCUT2D eigenvalue weighted by molar-refractivity contribution is 6.28. The molecule has 0 unspecified atom stereocenters. The van der Waals surface area contributed by atoms with Gasteiger partial charge in [-0.2, -0.15) is 0 Å². The van der Waals surface area contributed by atoms with E-state index in [2.05, 4.69) is 17.1 Å². The van der Waals surface area contributed by atoms with Crippen LogP contribution in [0.25, 0.3) is 0 Å². The molecule has 0 amide bonds. The van der Waals surface area contributed by atoms with Gasteiger partial charge in [0.15, 0.2) is 0 Å². The molecular formula is C10H16ClN3O. The van der Waals surface area contributed by atoms with E-state index in [0.717, 1.165) is 38.4 Å². The van der Waals surface area contributed by atoms with E-state index in [1.54, 1.807) is 0 Å². The van der Waals surface area contributed by atoms with E-state index in [-0.39, 0.29) is 5.41 Å². The van der Waals surface area contributed by atoms with Crippen LogP contribution in [-0.2, 0) is 11.3 Å². The molecular weight excluding hydrogens is 214 g/mol. The van der Waals surface area contributed by atoms with Crippen molar-refractivity contribution in [3.8, 4) is 0 Å². The maximum absolute atomic E-state index is 5.98. The Bertz CT molecular complexity index is 325. The van der Waals surface area contributed by atoms with E-state index in [0.29, 0.717) is 5.28 Å². The van der Waals surface area contributed by atoms with E-state index in [4.69, 9.17) is 16.3 Å². The fourth-order valence-electron chi connectivity index (χ4n) is 1.94. The third-order valence-electron chi connectivity index (χ3n) is 3.13. The lowest BCUT2D eigenvalue weighted by Crippen LogP contribution is -2.31. The van der Waals surface area contributed by atoms with E-state index in [9.17, 15) is 0 Å². The quantitative estimate of drug-likeness (QED) is 0.780. The Kier molecular flexibility index (Phi) is 2.98. The molecule has 5 heteroatoms. The summed E-state index contributed by atoms with van der Waals surface area (Å²) in [6.07, 6.45) is 2.14. The van der Waals surface area contributed by atoms with Gasteiger partial charge in [0.2, 0.25) is 5.28 Å². The fraction of sp³-hybridized carbons (Fsp3) is 0.800. The first-order valence-corrected chi connectivity index (χ1v) is 5.62. The number of halogens is 1. The predicted molar refractivity (Wildman–Crippen MR) is 57.9 cm³/mol. The molecule has 0 aliphatic carbocycles. The van der Waals surface area contributed by atoms with Crippen LogP contribution in [0, 0.1) is 12.3 Å². The van der Waals surface area contributed by atoms with Gasteiger partial charge >= 0.3 is 0 Å².